The molecule has 0 bridgehead atoms. The monoisotopic (exact) mass is 421 g/mol. The van der Waals surface area contributed by atoms with Gasteiger partial charge in [0.25, 0.3) is 5.91 Å². The summed E-state index contributed by atoms with van der Waals surface area (Å²) in [5, 5.41) is 2.89. The van der Waals surface area contributed by atoms with Crippen LogP contribution in [0, 0.1) is 6.92 Å². The van der Waals surface area contributed by atoms with E-state index < -0.39 is 0 Å². The topological polar surface area (TPSA) is 38.3 Å². The van der Waals surface area contributed by atoms with Gasteiger partial charge in [-0.15, -0.1) is 0 Å². The summed E-state index contributed by atoms with van der Waals surface area (Å²) in [5.41, 5.74) is 4.50. The molecule has 1 aliphatic heterocycles. The van der Waals surface area contributed by atoms with Crippen molar-refractivity contribution in [3.63, 3.8) is 0 Å². The van der Waals surface area contributed by atoms with Crippen LogP contribution in [0.5, 0.6) is 5.75 Å². The second-order valence-electron chi connectivity index (χ2n) is 5.08. The van der Waals surface area contributed by atoms with Gasteiger partial charge in [-0.3, -0.25) is 4.79 Å². The molecule has 5 heteroatoms. The number of ether oxygens (including phenoxy) is 1. The van der Waals surface area contributed by atoms with Gasteiger partial charge in [0.15, 0.2) is 0 Å². The first-order valence-corrected chi connectivity index (χ1v) is 8.25. The van der Waals surface area contributed by atoms with Gasteiger partial charge in [-0.05, 0) is 74.7 Å². The number of rotatable bonds is 2. The van der Waals surface area contributed by atoms with E-state index in [9.17, 15) is 4.79 Å². The smallest absolute Gasteiger partial charge is 0.256 e. The maximum atomic E-state index is 12.2. The summed E-state index contributed by atoms with van der Waals surface area (Å²) >= 11 is 6.96. The molecule has 2 aromatic rings. The summed E-state index contributed by atoms with van der Waals surface area (Å²) in [6, 6.07) is 9.80. The van der Waals surface area contributed by atoms with Gasteiger partial charge in [0, 0.05) is 16.8 Å². The molecule has 0 spiro atoms. The SMILES string of the molecule is COc1c(Br)cc(/C=C2\C(=O)Nc3ccc(C)cc32)cc1Br. The fourth-order valence-corrected chi connectivity index (χ4v) is 4.02. The Labute approximate surface area is 145 Å². The maximum absolute atomic E-state index is 12.2. The van der Waals surface area contributed by atoms with Crippen molar-refractivity contribution in [2.24, 2.45) is 0 Å². The summed E-state index contributed by atoms with van der Waals surface area (Å²) in [4.78, 5) is 12.2. The lowest BCUT2D eigenvalue weighted by Gasteiger charge is -2.07. The van der Waals surface area contributed by atoms with Crippen LogP contribution in [0.2, 0.25) is 0 Å². The van der Waals surface area contributed by atoms with Gasteiger partial charge < -0.3 is 10.1 Å². The molecule has 112 valence electrons. The summed E-state index contributed by atoms with van der Waals surface area (Å²) < 4.78 is 6.97. The minimum Gasteiger partial charge on any atom is -0.494 e. The molecule has 1 N–H and O–H groups in total. The molecule has 1 aliphatic rings. The van der Waals surface area contributed by atoms with Crippen molar-refractivity contribution >= 4 is 55.1 Å². The normalized spacial score (nSPS) is 14.9. The number of halogens is 2. The molecule has 22 heavy (non-hydrogen) atoms. The average molecular weight is 423 g/mol. The molecule has 1 heterocycles. The number of carbonyl (C=O) groups is 1. The van der Waals surface area contributed by atoms with Crippen molar-refractivity contribution in [2.75, 3.05) is 12.4 Å². The Morgan fingerprint density at radius 2 is 1.82 bits per heavy atom. The number of benzene rings is 2. The van der Waals surface area contributed by atoms with Gasteiger partial charge >= 0.3 is 0 Å². The highest BCUT2D eigenvalue weighted by Gasteiger charge is 2.24. The van der Waals surface area contributed by atoms with Gasteiger partial charge in [0.05, 0.1) is 16.1 Å². The quantitative estimate of drug-likeness (QED) is 0.690. The van der Waals surface area contributed by atoms with Crippen molar-refractivity contribution in [1.82, 2.24) is 0 Å². The summed E-state index contributed by atoms with van der Waals surface area (Å²) in [6.07, 6.45) is 1.88. The molecular formula is C17H13Br2NO2. The molecule has 0 saturated heterocycles. The third-order valence-corrected chi connectivity index (χ3v) is 4.67. The molecule has 0 aromatic heterocycles. The van der Waals surface area contributed by atoms with Crippen LogP contribution in [0.25, 0.3) is 11.6 Å². The predicted molar refractivity (Wildman–Crippen MR) is 96.1 cm³/mol. The zero-order valence-electron chi connectivity index (χ0n) is 12.0. The summed E-state index contributed by atoms with van der Waals surface area (Å²) in [5.74, 6) is 0.651. The maximum Gasteiger partial charge on any atom is 0.256 e. The number of nitrogens with one attached hydrogen (secondary N) is 1. The van der Waals surface area contributed by atoms with Crippen LogP contribution in [-0.2, 0) is 4.79 Å². The largest absolute Gasteiger partial charge is 0.494 e. The third-order valence-electron chi connectivity index (χ3n) is 3.49. The van der Waals surface area contributed by atoms with E-state index in [4.69, 9.17) is 4.74 Å². The first kappa shape index (κ1) is 15.3. The fourth-order valence-electron chi connectivity index (χ4n) is 2.47. The lowest BCUT2D eigenvalue weighted by molar-refractivity contribution is -0.110. The molecular weight excluding hydrogens is 410 g/mol. The van der Waals surface area contributed by atoms with Crippen LogP contribution in [-0.4, -0.2) is 13.0 Å². The van der Waals surface area contributed by atoms with Crippen molar-refractivity contribution in [1.29, 1.82) is 0 Å². The molecule has 3 rings (SSSR count). The Kier molecular flexibility index (Phi) is 4.10. The van der Waals surface area contributed by atoms with E-state index in [0.29, 0.717) is 5.57 Å². The van der Waals surface area contributed by atoms with E-state index in [-0.39, 0.29) is 5.91 Å². The number of amides is 1. The van der Waals surface area contributed by atoms with Crippen LogP contribution in [0.1, 0.15) is 16.7 Å². The van der Waals surface area contributed by atoms with Crippen LogP contribution in [0.3, 0.4) is 0 Å². The second-order valence-corrected chi connectivity index (χ2v) is 6.79. The highest BCUT2D eigenvalue weighted by molar-refractivity contribution is 9.11. The van der Waals surface area contributed by atoms with E-state index in [0.717, 1.165) is 37.1 Å². The van der Waals surface area contributed by atoms with Crippen molar-refractivity contribution < 1.29 is 9.53 Å². The standard InChI is InChI=1S/C17H13Br2NO2/c1-9-3-4-15-11(5-9)12(17(21)20-15)6-10-7-13(18)16(22-2)14(19)8-10/h3-8H,1-2H3,(H,20,21)/b12-6-. The van der Waals surface area contributed by atoms with Gasteiger partial charge in [-0.1, -0.05) is 11.6 Å². The first-order chi connectivity index (χ1) is 10.5. The Morgan fingerprint density at radius 1 is 1.14 bits per heavy atom. The van der Waals surface area contributed by atoms with Gasteiger partial charge in [-0.2, -0.15) is 0 Å². The van der Waals surface area contributed by atoms with Crippen LogP contribution < -0.4 is 10.1 Å². The van der Waals surface area contributed by atoms with Crippen LogP contribution in [0.15, 0.2) is 39.3 Å². The number of carbonyl (C=O) groups excluding carboxylic acids is 1. The fraction of sp³-hybridized carbons (Fsp3) is 0.118. The summed E-state index contributed by atoms with van der Waals surface area (Å²) in [6.45, 7) is 2.02. The lowest BCUT2D eigenvalue weighted by Crippen LogP contribution is -2.03. The Balaban J connectivity index is 2.10. The minimum absolute atomic E-state index is 0.0799. The molecule has 3 nitrogen and oxygen atoms in total. The number of methoxy groups -OCH3 is 1. The molecule has 1 amide bonds. The van der Waals surface area contributed by atoms with E-state index in [1.165, 1.54) is 0 Å². The Bertz CT molecular complexity index is 789. The number of aryl methyl sites for hydroxylation is 1. The van der Waals surface area contributed by atoms with Crippen molar-refractivity contribution in [3.05, 3.63) is 56.0 Å². The third kappa shape index (κ3) is 2.71. The highest BCUT2D eigenvalue weighted by atomic mass is 79.9. The first-order valence-electron chi connectivity index (χ1n) is 6.66. The van der Waals surface area contributed by atoms with E-state index in [1.54, 1.807) is 7.11 Å². The molecule has 0 fully saturated rings. The van der Waals surface area contributed by atoms with Crippen LogP contribution in [0.4, 0.5) is 5.69 Å². The Morgan fingerprint density at radius 3 is 2.45 bits per heavy atom. The zero-order chi connectivity index (χ0) is 15.9. The molecule has 0 aliphatic carbocycles. The van der Waals surface area contributed by atoms with Crippen LogP contribution >= 0.6 is 31.9 Å². The van der Waals surface area contributed by atoms with Gasteiger partial charge in [0.2, 0.25) is 0 Å². The second kappa shape index (κ2) is 5.89. The van der Waals surface area contributed by atoms with Gasteiger partial charge in [0.1, 0.15) is 5.75 Å². The predicted octanol–water partition coefficient (Wildman–Crippen LogP) is 5.02. The zero-order valence-corrected chi connectivity index (χ0v) is 15.2. The molecule has 2 aromatic carbocycles. The number of fused-ring (bicyclic) bond motifs is 1. The molecule has 0 atom stereocenters. The van der Waals surface area contributed by atoms with E-state index >= 15 is 0 Å². The number of hydrogen-bond acceptors (Lipinski definition) is 2. The lowest BCUT2D eigenvalue weighted by atomic mass is 10.0. The number of hydrogen-bond donors (Lipinski definition) is 1. The van der Waals surface area contributed by atoms with Crippen molar-refractivity contribution in [3.8, 4) is 5.75 Å². The van der Waals surface area contributed by atoms with Crippen molar-refractivity contribution in [2.45, 2.75) is 6.92 Å². The van der Waals surface area contributed by atoms with E-state index in [1.807, 2.05) is 43.3 Å². The Hall–Kier alpha value is -1.59. The minimum atomic E-state index is -0.0799. The van der Waals surface area contributed by atoms with E-state index in [2.05, 4.69) is 37.2 Å². The molecule has 0 unspecified atom stereocenters. The average Bonchev–Trinajstić information content (AvgIpc) is 2.75. The highest BCUT2D eigenvalue weighted by Crippen LogP contribution is 2.37. The summed E-state index contributed by atoms with van der Waals surface area (Å²) in [7, 11) is 1.62. The molecule has 0 saturated carbocycles. The van der Waals surface area contributed by atoms with Gasteiger partial charge in [-0.25, -0.2) is 0 Å². The number of anilines is 1. The molecule has 0 radical (unpaired) electrons.